The summed E-state index contributed by atoms with van der Waals surface area (Å²) in [6.07, 6.45) is 1.33. The minimum atomic E-state index is -0.414. The molecule has 0 aliphatic heterocycles. The van der Waals surface area contributed by atoms with Gasteiger partial charge in [0.15, 0.2) is 11.2 Å². The molecule has 1 atom stereocenters. The van der Waals surface area contributed by atoms with Crippen LogP contribution < -0.4 is 10.1 Å². The molecule has 1 amide bonds. The molecule has 4 aromatic carbocycles. The first-order valence-electron chi connectivity index (χ1n) is 10.9. The molecule has 1 heterocycles. The Kier molecular flexibility index (Phi) is 6.86. The van der Waals surface area contributed by atoms with Gasteiger partial charge in [-0.15, -0.1) is 0 Å². The van der Waals surface area contributed by atoms with Crippen molar-refractivity contribution in [1.82, 2.24) is 4.98 Å². The standard InChI is InChI=1S/C28H20BrClN2O2S/c1-17-2-4-19(5-3-17)27(33)32-28-31-16-25(35-28)26(18-7-11-23(30)12-8-18)34-24-13-9-20-14-22(29)10-6-21(20)15-24/h2-16,26H,1H3,(H,31,32,33). The summed E-state index contributed by atoms with van der Waals surface area (Å²) in [6.45, 7) is 1.99. The highest BCUT2D eigenvalue weighted by atomic mass is 79.9. The average Bonchev–Trinajstić information content (AvgIpc) is 3.31. The Morgan fingerprint density at radius 1 is 0.971 bits per heavy atom. The monoisotopic (exact) mass is 562 g/mol. The van der Waals surface area contributed by atoms with Gasteiger partial charge in [0.2, 0.25) is 0 Å². The lowest BCUT2D eigenvalue weighted by molar-refractivity contribution is 0.102. The molecule has 35 heavy (non-hydrogen) atoms. The van der Waals surface area contributed by atoms with Crippen LogP contribution in [0.4, 0.5) is 5.13 Å². The largest absolute Gasteiger partial charge is 0.480 e. The number of rotatable bonds is 6. The number of benzene rings is 4. The van der Waals surface area contributed by atoms with Crippen molar-refractivity contribution in [1.29, 1.82) is 0 Å². The van der Waals surface area contributed by atoms with E-state index in [0.717, 1.165) is 37.0 Å². The molecule has 1 aromatic heterocycles. The zero-order valence-corrected chi connectivity index (χ0v) is 21.8. The van der Waals surface area contributed by atoms with Crippen LogP contribution in [0.5, 0.6) is 5.75 Å². The molecular weight excluding hydrogens is 544 g/mol. The molecule has 5 aromatic rings. The number of nitrogens with zero attached hydrogens (tertiary/aromatic N) is 1. The van der Waals surface area contributed by atoms with Crippen LogP contribution in [0, 0.1) is 6.92 Å². The van der Waals surface area contributed by atoms with Crippen molar-refractivity contribution in [2.24, 2.45) is 0 Å². The van der Waals surface area contributed by atoms with Gasteiger partial charge >= 0.3 is 0 Å². The third kappa shape index (κ3) is 5.56. The van der Waals surface area contributed by atoms with Crippen molar-refractivity contribution in [3.63, 3.8) is 0 Å². The molecule has 5 rings (SSSR count). The molecular formula is C28H20BrClN2O2S. The van der Waals surface area contributed by atoms with Crippen LogP contribution in [0.1, 0.15) is 32.5 Å². The Morgan fingerprint density at radius 2 is 1.69 bits per heavy atom. The van der Waals surface area contributed by atoms with E-state index in [2.05, 4.69) is 38.4 Å². The van der Waals surface area contributed by atoms with E-state index in [1.165, 1.54) is 11.3 Å². The number of carbonyl (C=O) groups is 1. The summed E-state index contributed by atoms with van der Waals surface area (Å²) in [5.74, 6) is 0.536. The highest BCUT2D eigenvalue weighted by molar-refractivity contribution is 9.10. The van der Waals surface area contributed by atoms with E-state index in [-0.39, 0.29) is 5.91 Å². The molecule has 0 aliphatic carbocycles. The summed E-state index contributed by atoms with van der Waals surface area (Å²) < 4.78 is 7.51. The topological polar surface area (TPSA) is 51.2 Å². The molecule has 0 aliphatic rings. The lowest BCUT2D eigenvalue weighted by Crippen LogP contribution is -2.11. The molecule has 174 valence electrons. The zero-order valence-electron chi connectivity index (χ0n) is 18.7. The Balaban J connectivity index is 1.43. The Morgan fingerprint density at radius 3 is 2.46 bits per heavy atom. The van der Waals surface area contributed by atoms with Crippen molar-refractivity contribution < 1.29 is 9.53 Å². The summed E-state index contributed by atoms with van der Waals surface area (Å²) in [6, 6.07) is 27.1. The zero-order chi connectivity index (χ0) is 24.4. The number of hydrogen-bond acceptors (Lipinski definition) is 4. The number of hydrogen-bond donors (Lipinski definition) is 1. The van der Waals surface area contributed by atoms with E-state index in [9.17, 15) is 4.79 Å². The fraction of sp³-hybridized carbons (Fsp3) is 0.0714. The third-order valence-corrected chi connectivity index (χ3v) is 7.22. The molecule has 0 radical (unpaired) electrons. The Labute approximate surface area is 220 Å². The van der Waals surface area contributed by atoms with Gasteiger partial charge in [0.25, 0.3) is 5.91 Å². The van der Waals surface area contributed by atoms with Crippen molar-refractivity contribution in [2.45, 2.75) is 13.0 Å². The SMILES string of the molecule is Cc1ccc(C(=O)Nc2ncc(C(Oc3ccc4cc(Br)ccc4c3)c3ccc(Cl)cc3)s2)cc1. The highest BCUT2D eigenvalue weighted by Gasteiger charge is 2.21. The second-order valence-corrected chi connectivity index (χ2v) is 10.5. The molecule has 4 nitrogen and oxygen atoms in total. The molecule has 0 fully saturated rings. The van der Waals surface area contributed by atoms with Gasteiger partial charge in [-0.1, -0.05) is 80.8 Å². The normalized spacial score (nSPS) is 11.9. The van der Waals surface area contributed by atoms with Gasteiger partial charge in [-0.3, -0.25) is 10.1 Å². The van der Waals surface area contributed by atoms with Crippen LogP contribution >= 0.6 is 38.9 Å². The van der Waals surface area contributed by atoms with Crippen LogP contribution in [0.3, 0.4) is 0 Å². The van der Waals surface area contributed by atoms with E-state index >= 15 is 0 Å². The molecule has 0 bridgehead atoms. The number of aryl methyl sites for hydroxylation is 1. The van der Waals surface area contributed by atoms with Gasteiger partial charge in [-0.2, -0.15) is 0 Å². The fourth-order valence-corrected chi connectivity index (χ4v) is 5.05. The molecule has 0 spiro atoms. The summed E-state index contributed by atoms with van der Waals surface area (Å²) in [7, 11) is 0. The van der Waals surface area contributed by atoms with Crippen molar-refractivity contribution in [3.8, 4) is 5.75 Å². The summed E-state index contributed by atoms with van der Waals surface area (Å²) in [5, 5.41) is 6.26. The van der Waals surface area contributed by atoms with Crippen LogP contribution in [0.15, 0.2) is 95.6 Å². The number of amides is 1. The number of fused-ring (bicyclic) bond motifs is 1. The van der Waals surface area contributed by atoms with E-state index in [0.29, 0.717) is 15.7 Å². The van der Waals surface area contributed by atoms with Gasteiger partial charge in [0.1, 0.15) is 5.75 Å². The number of ether oxygens (including phenoxy) is 1. The Hall–Kier alpha value is -3.19. The maximum Gasteiger partial charge on any atom is 0.257 e. The lowest BCUT2D eigenvalue weighted by atomic mass is 10.1. The number of carbonyl (C=O) groups excluding carboxylic acids is 1. The second kappa shape index (κ2) is 10.2. The highest BCUT2D eigenvalue weighted by Crippen LogP contribution is 2.35. The predicted octanol–water partition coefficient (Wildman–Crippen LogP) is 8.44. The van der Waals surface area contributed by atoms with Crippen LogP contribution in [0.2, 0.25) is 5.02 Å². The molecule has 1 N–H and O–H groups in total. The van der Waals surface area contributed by atoms with E-state index in [1.54, 1.807) is 18.3 Å². The smallest absolute Gasteiger partial charge is 0.257 e. The van der Waals surface area contributed by atoms with Gasteiger partial charge in [-0.05, 0) is 71.8 Å². The molecule has 1 unspecified atom stereocenters. The van der Waals surface area contributed by atoms with Gasteiger partial charge in [0, 0.05) is 21.3 Å². The Bertz CT molecular complexity index is 1500. The lowest BCUT2D eigenvalue weighted by Gasteiger charge is -2.19. The maximum absolute atomic E-state index is 12.7. The van der Waals surface area contributed by atoms with E-state index in [1.807, 2.05) is 67.6 Å². The van der Waals surface area contributed by atoms with E-state index in [4.69, 9.17) is 16.3 Å². The first-order valence-corrected chi connectivity index (χ1v) is 12.9. The minimum Gasteiger partial charge on any atom is -0.480 e. The number of aromatic nitrogens is 1. The number of anilines is 1. The number of halogens is 2. The number of nitrogens with one attached hydrogen (secondary N) is 1. The van der Waals surface area contributed by atoms with Crippen LogP contribution in [0.25, 0.3) is 10.8 Å². The molecule has 0 saturated carbocycles. The first kappa shape index (κ1) is 23.5. The molecule has 0 saturated heterocycles. The maximum atomic E-state index is 12.7. The van der Waals surface area contributed by atoms with Crippen molar-refractivity contribution >= 4 is 60.7 Å². The number of thiazole rings is 1. The fourth-order valence-electron chi connectivity index (χ4n) is 3.67. The van der Waals surface area contributed by atoms with Crippen LogP contribution in [-0.4, -0.2) is 10.9 Å². The minimum absolute atomic E-state index is 0.199. The average molecular weight is 564 g/mol. The van der Waals surface area contributed by atoms with Gasteiger partial charge in [0.05, 0.1) is 4.88 Å². The van der Waals surface area contributed by atoms with Gasteiger partial charge in [-0.25, -0.2) is 4.98 Å². The quantitative estimate of drug-likeness (QED) is 0.225. The van der Waals surface area contributed by atoms with Crippen LogP contribution in [-0.2, 0) is 0 Å². The van der Waals surface area contributed by atoms with Crippen molar-refractivity contribution in [3.05, 3.63) is 122 Å². The first-order chi connectivity index (χ1) is 16.9. The summed E-state index contributed by atoms with van der Waals surface area (Å²) in [5.41, 5.74) is 2.62. The summed E-state index contributed by atoms with van der Waals surface area (Å²) in [4.78, 5) is 18.0. The predicted molar refractivity (Wildman–Crippen MR) is 147 cm³/mol. The molecule has 7 heteroatoms. The van der Waals surface area contributed by atoms with Crippen molar-refractivity contribution in [2.75, 3.05) is 5.32 Å². The third-order valence-electron chi connectivity index (χ3n) is 5.52. The summed E-state index contributed by atoms with van der Waals surface area (Å²) >= 11 is 11.0. The van der Waals surface area contributed by atoms with Gasteiger partial charge < -0.3 is 4.74 Å². The second-order valence-electron chi connectivity index (χ2n) is 8.09. The van der Waals surface area contributed by atoms with E-state index < -0.39 is 6.10 Å².